The van der Waals surface area contributed by atoms with Gasteiger partial charge in [-0.3, -0.25) is 4.79 Å². The first-order valence-corrected chi connectivity index (χ1v) is 7.77. The van der Waals surface area contributed by atoms with Crippen LogP contribution in [0, 0.1) is 22.7 Å². The summed E-state index contributed by atoms with van der Waals surface area (Å²) in [6.45, 7) is 1.61. The third-order valence-electron chi connectivity index (χ3n) is 5.39. The Morgan fingerprint density at radius 3 is 2.57 bits per heavy atom. The molecule has 2 aliphatic heterocycles. The van der Waals surface area contributed by atoms with Gasteiger partial charge in [0.25, 0.3) is 0 Å². The van der Waals surface area contributed by atoms with Crippen LogP contribution in [0.4, 0.5) is 4.79 Å². The van der Waals surface area contributed by atoms with Gasteiger partial charge in [0.15, 0.2) is 0 Å². The summed E-state index contributed by atoms with van der Waals surface area (Å²) in [5.41, 5.74) is -0.744. The van der Waals surface area contributed by atoms with Crippen LogP contribution in [-0.2, 0) is 4.79 Å². The van der Waals surface area contributed by atoms with Gasteiger partial charge in [-0.2, -0.15) is 5.26 Å². The summed E-state index contributed by atoms with van der Waals surface area (Å²) in [6.07, 6.45) is 4.82. The average molecular weight is 291 g/mol. The van der Waals surface area contributed by atoms with Crippen LogP contribution in [0.15, 0.2) is 0 Å². The van der Waals surface area contributed by atoms with Crippen LogP contribution in [0.3, 0.4) is 0 Å². The summed E-state index contributed by atoms with van der Waals surface area (Å²) < 4.78 is 0. The summed E-state index contributed by atoms with van der Waals surface area (Å²) in [5.74, 6) is -0.808. The quantitative estimate of drug-likeness (QED) is 0.796. The second kappa shape index (κ2) is 5.21. The van der Waals surface area contributed by atoms with Gasteiger partial charge in [-0.15, -0.1) is 0 Å². The molecule has 21 heavy (non-hydrogen) atoms. The van der Waals surface area contributed by atoms with Crippen LogP contribution in [0.1, 0.15) is 38.5 Å². The van der Waals surface area contributed by atoms with Gasteiger partial charge in [-0.05, 0) is 25.7 Å². The highest BCUT2D eigenvalue weighted by Gasteiger charge is 2.53. The van der Waals surface area contributed by atoms with E-state index in [-0.39, 0.29) is 18.0 Å². The molecule has 0 aromatic rings. The van der Waals surface area contributed by atoms with Gasteiger partial charge < -0.3 is 14.9 Å². The number of carbonyl (C=O) groups excluding carboxylic acids is 1. The topological polar surface area (TPSA) is 84.6 Å². The molecule has 1 saturated carbocycles. The van der Waals surface area contributed by atoms with Gasteiger partial charge in [0.1, 0.15) is 0 Å². The lowest BCUT2D eigenvalue weighted by Gasteiger charge is -2.52. The maximum Gasteiger partial charge on any atom is 0.320 e. The Bertz CT molecular complexity index is 491. The zero-order valence-corrected chi connectivity index (χ0v) is 12.1. The minimum Gasteiger partial charge on any atom is -0.481 e. The fourth-order valence-corrected chi connectivity index (χ4v) is 4.17. The van der Waals surface area contributed by atoms with E-state index in [0.717, 1.165) is 25.7 Å². The molecule has 6 heteroatoms. The van der Waals surface area contributed by atoms with Crippen molar-refractivity contribution in [2.45, 2.75) is 44.6 Å². The van der Waals surface area contributed by atoms with E-state index < -0.39 is 11.4 Å². The van der Waals surface area contributed by atoms with Gasteiger partial charge >= 0.3 is 12.0 Å². The molecule has 2 amide bonds. The smallest absolute Gasteiger partial charge is 0.320 e. The Hall–Kier alpha value is -1.77. The largest absolute Gasteiger partial charge is 0.481 e. The van der Waals surface area contributed by atoms with Crippen molar-refractivity contribution in [1.29, 1.82) is 5.26 Å². The summed E-state index contributed by atoms with van der Waals surface area (Å²) in [5, 5.41) is 18.5. The number of piperidine rings is 1. The molecule has 0 unspecified atom stereocenters. The Labute approximate surface area is 124 Å². The van der Waals surface area contributed by atoms with E-state index in [2.05, 4.69) is 6.07 Å². The number of likely N-dealkylation sites (tertiary alicyclic amines) is 2. The maximum atomic E-state index is 12.6. The minimum atomic E-state index is -0.747. The normalized spacial score (nSPS) is 32.8. The van der Waals surface area contributed by atoms with Crippen LogP contribution in [-0.4, -0.2) is 52.6 Å². The predicted octanol–water partition coefficient (Wildman–Crippen LogP) is 1.67. The lowest BCUT2D eigenvalue weighted by atomic mass is 9.65. The number of rotatable bonds is 1. The fraction of sp³-hybridized carbons (Fsp3) is 0.800. The van der Waals surface area contributed by atoms with Crippen molar-refractivity contribution in [1.82, 2.24) is 9.80 Å². The SMILES string of the molecule is N#CC1CN(C(=O)N2CCC[C@@]3(C(=O)O)CCCC[C@H]23)C1. The third-order valence-corrected chi connectivity index (χ3v) is 5.39. The molecule has 0 aromatic carbocycles. The number of urea groups is 1. The number of hydrogen-bond donors (Lipinski definition) is 1. The molecule has 0 aromatic heterocycles. The van der Waals surface area contributed by atoms with Crippen LogP contribution in [0.25, 0.3) is 0 Å². The molecule has 1 aliphatic carbocycles. The number of aliphatic carboxylic acids is 1. The Morgan fingerprint density at radius 1 is 1.19 bits per heavy atom. The van der Waals surface area contributed by atoms with E-state index in [1.165, 1.54) is 0 Å². The van der Waals surface area contributed by atoms with Crippen molar-refractivity contribution >= 4 is 12.0 Å². The van der Waals surface area contributed by atoms with Crippen molar-refractivity contribution in [2.75, 3.05) is 19.6 Å². The summed E-state index contributed by atoms with van der Waals surface area (Å²) >= 11 is 0. The van der Waals surface area contributed by atoms with E-state index in [1.54, 1.807) is 9.80 Å². The van der Waals surface area contributed by atoms with E-state index in [9.17, 15) is 14.7 Å². The number of fused-ring (bicyclic) bond motifs is 1. The second-order valence-corrected chi connectivity index (χ2v) is 6.53. The summed E-state index contributed by atoms with van der Waals surface area (Å²) in [7, 11) is 0. The Kier molecular flexibility index (Phi) is 3.52. The molecule has 3 fully saturated rings. The van der Waals surface area contributed by atoms with Gasteiger partial charge in [0.05, 0.1) is 17.4 Å². The first kappa shape index (κ1) is 14.2. The van der Waals surface area contributed by atoms with Crippen LogP contribution in [0.2, 0.25) is 0 Å². The average Bonchev–Trinajstić information content (AvgIpc) is 2.45. The molecule has 0 spiro atoms. The fourth-order valence-electron chi connectivity index (χ4n) is 4.17. The van der Waals surface area contributed by atoms with Gasteiger partial charge in [0.2, 0.25) is 0 Å². The van der Waals surface area contributed by atoms with E-state index in [0.29, 0.717) is 32.5 Å². The van der Waals surface area contributed by atoms with Crippen LogP contribution < -0.4 is 0 Å². The lowest BCUT2D eigenvalue weighted by Crippen LogP contribution is -2.63. The summed E-state index contributed by atoms with van der Waals surface area (Å²) in [6, 6.07) is 1.92. The molecule has 1 N–H and O–H groups in total. The molecule has 114 valence electrons. The molecule has 3 aliphatic rings. The first-order valence-electron chi connectivity index (χ1n) is 7.77. The number of nitrogens with zero attached hydrogens (tertiary/aromatic N) is 3. The molecule has 0 radical (unpaired) electrons. The Balaban J connectivity index is 1.78. The van der Waals surface area contributed by atoms with Crippen molar-refractivity contribution in [2.24, 2.45) is 11.3 Å². The summed E-state index contributed by atoms with van der Waals surface area (Å²) in [4.78, 5) is 27.9. The van der Waals surface area contributed by atoms with Crippen molar-refractivity contribution in [3.05, 3.63) is 0 Å². The van der Waals surface area contributed by atoms with Crippen LogP contribution in [0.5, 0.6) is 0 Å². The van der Waals surface area contributed by atoms with Crippen LogP contribution >= 0.6 is 0 Å². The highest BCUT2D eigenvalue weighted by Crippen LogP contribution is 2.46. The number of carboxylic acid groups (broad SMARTS) is 1. The lowest BCUT2D eigenvalue weighted by molar-refractivity contribution is -0.159. The predicted molar refractivity (Wildman–Crippen MR) is 74.3 cm³/mol. The highest BCUT2D eigenvalue weighted by atomic mass is 16.4. The highest BCUT2D eigenvalue weighted by molar-refractivity contribution is 5.80. The molecule has 3 rings (SSSR count). The molecular formula is C15H21N3O3. The van der Waals surface area contributed by atoms with E-state index in [4.69, 9.17) is 5.26 Å². The molecule has 0 bridgehead atoms. The molecular weight excluding hydrogens is 270 g/mol. The molecule has 6 nitrogen and oxygen atoms in total. The molecule has 2 atom stereocenters. The van der Waals surface area contributed by atoms with E-state index in [1.807, 2.05) is 0 Å². The zero-order valence-electron chi connectivity index (χ0n) is 12.1. The monoisotopic (exact) mass is 291 g/mol. The molecule has 2 saturated heterocycles. The first-order chi connectivity index (χ1) is 10.1. The standard InChI is InChI=1S/C15H21N3O3/c16-8-11-9-17(10-11)14(21)18-7-3-6-15(13(19)20)5-2-1-4-12(15)18/h11-12H,1-7,9-10H2,(H,19,20)/t12-,15-/m0/s1. The van der Waals surface area contributed by atoms with Crippen molar-refractivity contribution in [3.8, 4) is 6.07 Å². The van der Waals surface area contributed by atoms with Gasteiger partial charge in [-0.25, -0.2) is 4.79 Å². The number of carboxylic acids is 1. The third kappa shape index (κ3) is 2.15. The second-order valence-electron chi connectivity index (χ2n) is 6.53. The van der Waals surface area contributed by atoms with Gasteiger partial charge in [-0.1, -0.05) is 12.8 Å². The maximum absolute atomic E-state index is 12.6. The minimum absolute atomic E-state index is 0.0608. The van der Waals surface area contributed by atoms with Crippen molar-refractivity contribution in [3.63, 3.8) is 0 Å². The number of nitriles is 1. The van der Waals surface area contributed by atoms with Gasteiger partial charge in [0, 0.05) is 25.7 Å². The Morgan fingerprint density at radius 2 is 1.90 bits per heavy atom. The van der Waals surface area contributed by atoms with Crippen molar-refractivity contribution < 1.29 is 14.7 Å². The zero-order chi connectivity index (χ0) is 15.0. The number of hydrogen-bond acceptors (Lipinski definition) is 3. The van der Waals surface area contributed by atoms with E-state index >= 15 is 0 Å². The molecule has 2 heterocycles. The number of amides is 2. The number of carbonyl (C=O) groups is 2.